The summed E-state index contributed by atoms with van der Waals surface area (Å²) in [6.45, 7) is 8.41. The van der Waals surface area contributed by atoms with Crippen molar-refractivity contribution in [1.29, 1.82) is 0 Å². The second kappa shape index (κ2) is 9.16. The highest BCUT2D eigenvalue weighted by atomic mass is 32.2. The molecule has 39 heavy (non-hydrogen) atoms. The lowest BCUT2D eigenvalue weighted by Gasteiger charge is -2.64. The summed E-state index contributed by atoms with van der Waals surface area (Å²) < 4.78 is 48.8. The standard InChI is InChI=1S/C28H33BN2O7S/c1-17-9-10-22(31(32)33)19(11-17)16-39(34,35)30-26(12-18-15-36-23-8-6-5-7-21(18)23)29-37-25-14-20-13-24(27(20,2)3)28(25,4)38-29/h5-11,15,20,24-26,30H,12-14,16H2,1-4H3/t20-,24-,25+,26-,28-/m0/s1. The van der Waals surface area contributed by atoms with Crippen molar-refractivity contribution in [3.05, 3.63) is 75.5 Å². The van der Waals surface area contributed by atoms with E-state index in [0.717, 1.165) is 29.4 Å². The number of hydrogen-bond donors (Lipinski definition) is 1. The van der Waals surface area contributed by atoms with Gasteiger partial charge in [-0.1, -0.05) is 43.7 Å². The molecule has 3 aliphatic carbocycles. The number of sulfonamides is 1. The van der Waals surface area contributed by atoms with Crippen LogP contribution in [-0.4, -0.2) is 38.1 Å². The number of nitrogens with one attached hydrogen (secondary N) is 1. The lowest BCUT2D eigenvalue weighted by Crippen LogP contribution is -2.65. The molecule has 0 radical (unpaired) electrons. The monoisotopic (exact) mass is 552 g/mol. The van der Waals surface area contributed by atoms with Gasteiger partial charge in [-0.05, 0) is 68.1 Å². The second-order valence-corrected chi connectivity index (χ2v) is 13.9. The fourth-order valence-electron chi connectivity index (χ4n) is 7.18. The average molecular weight is 552 g/mol. The third kappa shape index (κ3) is 4.49. The molecule has 1 aliphatic heterocycles. The molecular formula is C28H33BN2O7S. The molecule has 2 aromatic carbocycles. The summed E-state index contributed by atoms with van der Waals surface area (Å²) in [7, 11) is -4.84. The molecule has 1 saturated heterocycles. The number of para-hydroxylation sites is 1. The Balaban J connectivity index is 1.31. The van der Waals surface area contributed by atoms with Crippen molar-refractivity contribution in [1.82, 2.24) is 4.72 Å². The number of benzene rings is 2. The number of nitrogens with zero attached hydrogens (tertiary/aromatic N) is 1. The Morgan fingerprint density at radius 2 is 1.92 bits per heavy atom. The summed E-state index contributed by atoms with van der Waals surface area (Å²) in [5.74, 6) is -0.417. The smallest absolute Gasteiger partial charge is 0.464 e. The molecule has 0 amide bonds. The number of nitro groups is 1. The van der Waals surface area contributed by atoms with Gasteiger partial charge in [-0.15, -0.1) is 0 Å². The molecule has 2 bridgehead atoms. The maximum atomic E-state index is 13.5. The van der Waals surface area contributed by atoms with Crippen LogP contribution in [0.1, 0.15) is 50.3 Å². The first-order valence-electron chi connectivity index (χ1n) is 13.4. The molecular weight excluding hydrogens is 519 g/mol. The van der Waals surface area contributed by atoms with Gasteiger partial charge in [0.15, 0.2) is 0 Å². The predicted octanol–water partition coefficient (Wildman–Crippen LogP) is 4.95. The Kier molecular flexibility index (Phi) is 6.22. The van der Waals surface area contributed by atoms with E-state index < -0.39 is 39.4 Å². The molecule has 1 aromatic heterocycles. The maximum Gasteiger partial charge on any atom is 0.477 e. The van der Waals surface area contributed by atoms with E-state index in [9.17, 15) is 18.5 Å². The van der Waals surface area contributed by atoms with Gasteiger partial charge >= 0.3 is 7.12 Å². The Labute approximate surface area is 228 Å². The van der Waals surface area contributed by atoms with Crippen LogP contribution in [0, 0.1) is 34.3 Å². The topological polar surface area (TPSA) is 121 Å². The van der Waals surface area contributed by atoms with E-state index in [4.69, 9.17) is 13.7 Å². The van der Waals surface area contributed by atoms with E-state index in [2.05, 4.69) is 25.5 Å². The van der Waals surface area contributed by atoms with E-state index >= 15 is 0 Å². The zero-order chi connectivity index (χ0) is 27.7. The minimum absolute atomic E-state index is 0.120. The lowest BCUT2D eigenvalue weighted by atomic mass is 9.43. The molecule has 5 atom stereocenters. The van der Waals surface area contributed by atoms with Crippen LogP contribution in [0.4, 0.5) is 5.69 Å². The Morgan fingerprint density at radius 1 is 1.15 bits per heavy atom. The van der Waals surface area contributed by atoms with Gasteiger partial charge in [-0.2, -0.15) is 0 Å². The molecule has 7 rings (SSSR count). The van der Waals surface area contributed by atoms with Crippen LogP contribution < -0.4 is 4.72 Å². The highest BCUT2D eigenvalue weighted by Crippen LogP contribution is 2.65. The van der Waals surface area contributed by atoms with Gasteiger partial charge in [0.05, 0.1) is 34.6 Å². The van der Waals surface area contributed by atoms with Crippen molar-refractivity contribution in [3.8, 4) is 0 Å². The van der Waals surface area contributed by atoms with Gasteiger partial charge in [-0.3, -0.25) is 10.1 Å². The van der Waals surface area contributed by atoms with Crippen LogP contribution in [0.25, 0.3) is 11.0 Å². The summed E-state index contributed by atoms with van der Waals surface area (Å²) in [6, 6.07) is 12.1. The summed E-state index contributed by atoms with van der Waals surface area (Å²) in [5, 5.41) is 12.5. The van der Waals surface area contributed by atoms with E-state index in [1.54, 1.807) is 25.3 Å². The van der Waals surface area contributed by atoms with Crippen LogP contribution in [-0.2, 0) is 31.5 Å². The molecule has 2 heterocycles. The third-order valence-corrected chi connectivity index (χ3v) is 10.8. The van der Waals surface area contributed by atoms with Gasteiger partial charge in [0.25, 0.3) is 5.69 Å². The first kappa shape index (κ1) is 26.5. The highest BCUT2D eigenvalue weighted by molar-refractivity contribution is 7.88. The molecule has 206 valence electrons. The van der Waals surface area contributed by atoms with Crippen molar-refractivity contribution in [3.63, 3.8) is 0 Å². The van der Waals surface area contributed by atoms with E-state index in [0.29, 0.717) is 17.4 Å². The maximum absolute atomic E-state index is 13.5. The van der Waals surface area contributed by atoms with Gasteiger partial charge in [-0.25, -0.2) is 13.1 Å². The largest absolute Gasteiger partial charge is 0.477 e. The number of hydrogen-bond acceptors (Lipinski definition) is 7. The number of furan rings is 1. The van der Waals surface area contributed by atoms with Gasteiger partial charge < -0.3 is 13.7 Å². The molecule has 3 saturated carbocycles. The van der Waals surface area contributed by atoms with E-state index in [1.807, 2.05) is 24.3 Å². The van der Waals surface area contributed by atoms with Crippen LogP contribution in [0.5, 0.6) is 0 Å². The third-order valence-electron chi connectivity index (χ3n) is 9.41. The minimum atomic E-state index is -4.02. The minimum Gasteiger partial charge on any atom is -0.464 e. The van der Waals surface area contributed by atoms with E-state index in [-0.39, 0.29) is 29.2 Å². The molecule has 11 heteroatoms. The van der Waals surface area contributed by atoms with E-state index in [1.165, 1.54) is 6.07 Å². The fourth-order valence-corrected chi connectivity index (χ4v) is 8.56. The van der Waals surface area contributed by atoms with Gasteiger partial charge in [0.2, 0.25) is 10.0 Å². The van der Waals surface area contributed by atoms with Crippen LogP contribution in [0.3, 0.4) is 0 Å². The van der Waals surface area contributed by atoms with Crippen molar-refractivity contribution < 1.29 is 27.1 Å². The first-order valence-corrected chi connectivity index (χ1v) is 15.0. The summed E-state index contributed by atoms with van der Waals surface area (Å²) in [5.41, 5.74) is 1.82. The highest BCUT2D eigenvalue weighted by Gasteiger charge is 2.68. The fraction of sp³-hybridized carbons (Fsp3) is 0.500. The van der Waals surface area contributed by atoms with Crippen LogP contribution >= 0.6 is 0 Å². The number of fused-ring (bicyclic) bond motifs is 1. The summed E-state index contributed by atoms with van der Waals surface area (Å²) >= 11 is 0. The van der Waals surface area contributed by atoms with Crippen molar-refractivity contribution in [2.24, 2.45) is 17.3 Å². The van der Waals surface area contributed by atoms with Gasteiger partial charge in [0, 0.05) is 17.0 Å². The summed E-state index contributed by atoms with van der Waals surface area (Å²) in [6.07, 6.45) is 3.75. The van der Waals surface area contributed by atoms with Crippen LogP contribution in [0.2, 0.25) is 0 Å². The normalized spacial score (nSPS) is 28.2. The molecule has 1 N–H and O–H groups in total. The zero-order valence-electron chi connectivity index (χ0n) is 22.5. The Morgan fingerprint density at radius 3 is 2.67 bits per heavy atom. The number of nitro benzene ring substituents is 1. The van der Waals surface area contributed by atoms with Gasteiger partial charge in [0.1, 0.15) is 5.58 Å². The Bertz CT molecular complexity index is 1550. The molecule has 0 spiro atoms. The van der Waals surface area contributed by atoms with Crippen molar-refractivity contribution in [2.45, 2.75) is 70.4 Å². The Hall–Kier alpha value is -2.73. The molecule has 0 unspecified atom stereocenters. The molecule has 4 aliphatic rings. The SMILES string of the molecule is Cc1ccc([N+](=O)[O-])c(CS(=O)(=O)N[C@@H](Cc2coc3ccccc23)B2O[C@@H]3C[C@@H]4C[C@@H](C4(C)C)[C@]3(C)O2)c1. The first-order chi connectivity index (χ1) is 18.4. The molecule has 9 nitrogen and oxygen atoms in total. The number of rotatable bonds is 8. The summed E-state index contributed by atoms with van der Waals surface area (Å²) in [4.78, 5) is 11.0. The van der Waals surface area contributed by atoms with Crippen LogP contribution in [0.15, 0.2) is 53.1 Å². The number of aryl methyl sites for hydroxylation is 1. The molecule has 4 fully saturated rings. The molecule has 3 aromatic rings. The zero-order valence-corrected chi connectivity index (χ0v) is 23.4. The second-order valence-electron chi connectivity index (χ2n) is 12.2. The van der Waals surface area contributed by atoms with Crippen molar-refractivity contribution >= 4 is 33.8 Å². The lowest BCUT2D eigenvalue weighted by molar-refractivity contribution is -0.385. The quantitative estimate of drug-likeness (QED) is 0.239. The van der Waals surface area contributed by atoms with Crippen molar-refractivity contribution in [2.75, 3.05) is 0 Å². The average Bonchev–Trinajstić information content (AvgIpc) is 3.43. The predicted molar refractivity (Wildman–Crippen MR) is 147 cm³/mol.